The van der Waals surface area contributed by atoms with Gasteiger partial charge in [0.1, 0.15) is 5.69 Å². The molecule has 2 aliphatic rings. The molecule has 1 aliphatic carbocycles. The lowest BCUT2D eigenvalue weighted by Gasteiger charge is -2.18. The molecule has 1 aliphatic heterocycles. The van der Waals surface area contributed by atoms with E-state index in [-0.39, 0.29) is 10.8 Å². The summed E-state index contributed by atoms with van der Waals surface area (Å²) in [5.74, 6) is 0.190. The van der Waals surface area contributed by atoms with E-state index in [1.165, 1.54) is 6.07 Å². The number of fused-ring (bicyclic) bond motifs is 2. The number of nitrogen functional groups attached to an aromatic ring is 1. The zero-order chi connectivity index (χ0) is 27.7. The largest absolute Gasteiger partial charge is 0.382 e. The van der Waals surface area contributed by atoms with Crippen LogP contribution in [0.1, 0.15) is 42.7 Å². The maximum atomic E-state index is 13.7. The number of primary sulfonamides is 1. The first-order valence-corrected chi connectivity index (χ1v) is 14.2. The average Bonchev–Trinajstić information content (AvgIpc) is 3.65. The standard InChI is InChI=1S/C26H23N7O3S.C2H6/c27-25-20-15-18(8-9-21(20)30-31-25)33-23(11-13-29-33)26(34)32-14-12-17-6-5-16(7-10-22(17)32)19-3-1-2-4-24(19)37(28,35)36;1-2/h1-4,6-11,13,15H,5,12,14H2,(H3,27,30,31)(H2,28,35,36);1-2H3. The number of benzene rings is 2. The van der Waals surface area contributed by atoms with Gasteiger partial charge in [0.05, 0.1) is 22.3 Å². The van der Waals surface area contributed by atoms with Gasteiger partial charge in [-0.3, -0.25) is 9.89 Å². The molecular weight excluding hydrogens is 514 g/mol. The van der Waals surface area contributed by atoms with Gasteiger partial charge in [-0.15, -0.1) is 0 Å². The first-order valence-electron chi connectivity index (χ1n) is 12.6. The molecule has 0 saturated carbocycles. The molecule has 6 rings (SSSR count). The van der Waals surface area contributed by atoms with E-state index in [4.69, 9.17) is 10.9 Å². The Balaban J connectivity index is 0.00000151. The summed E-state index contributed by atoms with van der Waals surface area (Å²) in [5, 5.41) is 17.5. The zero-order valence-electron chi connectivity index (χ0n) is 21.6. The molecule has 4 aromatic rings. The highest BCUT2D eigenvalue weighted by atomic mass is 32.2. The number of allylic oxidation sites excluding steroid dienone is 5. The van der Waals surface area contributed by atoms with Crippen LogP contribution in [0.3, 0.4) is 0 Å². The molecular formula is C28H29N7O3S. The molecule has 1 amide bonds. The monoisotopic (exact) mass is 543 g/mol. The molecule has 0 atom stereocenters. The predicted molar refractivity (Wildman–Crippen MR) is 151 cm³/mol. The highest BCUT2D eigenvalue weighted by Gasteiger charge is 2.31. The molecule has 10 nitrogen and oxygen atoms in total. The molecule has 1 saturated heterocycles. The van der Waals surface area contributed by atoms with Crippen molar-refractivity contribution in [3.63, 3.8) is 0 Å². The number of likely N-dealkylation sites (tertiary alicyclic amines) is 1. The van der Waals surface area contributed by atoms with Gasteiger partial charge >= 0.3 is 0 Å². The third-order valence-electron chi connectivity index (χ3n) is 6.70. The summed E-state index contributed by atoms with van der Waals surface area (Å²) in [6, 6.07) is 13.9. The van der Waals surface area contributed by atoms with E-state index in [2.05, 4.69) is 15.3 Å². The fourth-order valence-electron chi connectivity index (χ4n) is 4.89. The molecule has 200 valence electrons. The lowest BCUT2D eigenvalue weighted by Crippen LogP contribution is -2.28. The Morgan fingerprint density at radius 3 is 2.64 bits per heavy atom. The van der Waals surface area contributed by atoms with Crippen LogP contribution in [-0.2, 0) is 10.0 Å². The second-order valence-corrected chi connectivity index (χ2v) is 10.4. The molecule has 11 heteroatoms. The average molecular weight is 544 g/mol. The fraction of sp³-hybridized carbons (Fsp3) is 0.179. The number of sulfonamides is 1. The molecule has 0 radical (unpaired) electrons. The van der Waals surface area contributed by atoms with E-state index in [1.54, 1.807) is 40.0 Å². The summed E-state index contributed by atoms with van der Waals surface area (Å²) < 4.78 is 25.8. The van der Waals surface area contributed by atoms with Crippen molar-refractivity contribution in [2.24, 2.45) is 5.14 Å². The first kappa shape index (κ1) is 26.1. The molecule has 0 unspecified atom stereocenters. The van der Waals surface area contributed by atoms with Crippen LogP contribution < -0.4 is 10.9 Å². The number of anilines is 1. The van der Waals surface area contributed by atoms with Gasteiger partial charge in [-0.25, -0.2) is 18.2 Å². The first-order chi connectivity index (χ1) is 18.8. The molecule has 39 heavy (non-hydrogen) atoms. The topological polar surface area (TPSA) is 153 Å². The number of rotatable bonds is 4. The van der Waals surface area contributed by atoms with E-state index in [1.807, 2.05) is 50.3 Å². The summed E-state index contributed by atoms with van der Waals surface area (Å²) in [6.07, 6.45) is 8.59. The molecule has 3 heterocycles. The van der Waals surface area contributed by atoms with Gasteiger partial charge in [0.15, 0.2) is 5.82 Å². The molecule has 2 aromatic carbocycles. The number of aromatic amines is 1. The third kappa shape index (κ3) is 4.77. The number of aromatic nitrogens is 4. The minimum absolute atomic E-state index is 0.0807. The minimum Gasteiger partial charge on any atom is -0.382 e. The van der Waals surface area contributed by atoms with Crippen molar-refractivity contribution in [1.29, 1.82) is 0 Å². The lowest BCUT2D eigenvalue weighted by molar-refractivity contribution is 0.0817. The van der Waals surface area contributed by atoms with E-state index in [0.717, 1.165) is 27.7 Å². The second-order valence-electron chi connectivity index (χ2n) is 8.89. The number of nitrogens with two attached hydrogens (primary N) is 2. The van der Waals surface area contributed by atoms with Crippen LogP contribution in [0.4, 0.5) is 5.82 Å². The van der Waals surface area contributed by atoms with Crippen molar-refractivity contribution in [3.05, 3.63) is 95.5 Å². The van der Waals surface area contributed by atoms with E-state index in [0.29, 0.717) is 42.1 Å². The van der Waals surface area contributed by atoms with Crippen LogP contribution in [-0.4, -0.2) is 45.7 Å². The Kier molecular flexibility index (Phi) is 6.94. The van der Waals surface area contributed by atoms with Crippen LogP contribution in [0.15, 0.2) is 89.1 Å². The number of carbonyl (C=O) groups excluding carboxylic acids is 1. The molecule has 0 bridgehead atoms. The molecule has 1 fully saturated rings. The van der Waals surface area contributed by atoms with Crippen molar-refractivity contribution >= 4 is 38.2 Å². The van der Waals surface area contributed by atoms with Crippen LogP contribution in [0.2, 0.25) is 0 Å². The van der Waals surface area contributed by atoms with Gasteiger partial charge in [-0.1, -0.05) is 44.2 Å². The number of carbonyl (C=O) groups is 1. The number of nitrogens with zero attached hydrogens (tertiary/aromatic N) is 4. The van der Waals surface area contributed by atoms with Gasteiger partial charge in [-0.05, 0) is 66.0 Å². The quantitative estimate of drug-likeness (QED) is 0.351. The number of amides is 1. The van der Waals surface area contributed by atoms with E-state index < -0.39 is 10.0 Å². The fourth-order valence-corrected chi connectivity index (χ4v) is 5.67. The van der Waals surface area contributed by atoms with Gasteiger partial charge in [-0.2, -0.15) is 10.2 Å². The molecule has 0 spiro atoms. The van der Waals surface area contributed by atoms with E-state index >= 15 is 0 Å². The summed E-state index contributed by atoms with van der Waals surface area (Å²) in [6.45, 7) is 4.53. The second kappa shape index (κ2) is 10.4. The summed E-state index contributed by atoms with van der Waals surface area (Å²) in [7, 11) is -3.88. The minimum atomic E-state index is -3.88. The maximum Gasteiger partial charge on any atom is 0.277 e. The Morgan fingerprint density at radius 1 is 1.05 bits per heavy atom. The van der Waals surface area contributed by atoms with Crippen LogP contribution >= 0.6 is 0 Å². The van der Waals surface area contributed by atoms with Crippen molar-refractivity contribution < 1.29 is 13.2 Å². The van der Waals surface area contributed by atoms with Crippen LogP contribution in [0, 0.1) is 0 Å². The highest BCUT2D eigenvalue weighted by molar-refractivity contribution is 7.89. The van der Waals surface area contributed by atoms with Crippen molar-refractivity contribution in [3.8, 4) is 5.69 Å². The lowest BCUT2D eigenvalue weighted by atomic mass is 10.0. The van der Waals surface area contributed by atoms with Crippen molar-refractivity contribution in [2.75, 3.05) is 12.3 Å². The predicted octanol–water partition coefficient (Wildman–Crippen LogP) is 4.15. The number of hydrogen-bond acceptors (Lipinski definition) is 6. The van der Waals surface area contributed by atoms with Gasteiger partial charge in [0, 0.05) is 17.6 Å². The summed E-state index contributed by atoms with van der Waals surface area (Å²) >= 11 is 0. The maximum absolute atomic E-state index is 13.7. The number of nitrogens with one attached hydrogen (secondary N) is 1. The molecule has 5 N–H and O–H groups in total. The Labute approximate surface area is 226 Å². The van der Waals surface area contributed by atoms with Gasteiger partial charge in [0.2, 0.25) is 10.0 Å². The Hall–Kier alpha value is -4.48. The van der Waals surface area contributed by atoms with Crippen molar-refractivity contribution in [1.82, 2.24) is 24.9 Å². The van der Waals surface area contributed by atoms with E-state index in [9.17, 15) is 13.2 Å². The van der Waals surface area contributed by atoms with Crippen molar-refractivity contribution in [2.45, 2.75) is 31.6 Å². The number of H-pyrrole nitrogens is 1. The highest BCUT2D eigenvalue weighted by Crippen LogP contribution is 2.35. The molecule has 2 aromatic heterocycles. The number of hydrogen-bond donors (Lipinski definition) is 3. The SMILES string of the molecule is CC.Nc1n[nH]c2ccc(-n3nccc3C(=O)N3CCC4=CCC(c5ccccc5S(N)(=O)=O)=CC=C43)cc12. The Morgan fingerprint density at radius 2 is 1.85 bits per heavy atom. The van der Waals surface area contributed by atoms with Gasteiger partial charge in [0.25, 0.3) is 5.91 Å². The van der Waals surface area contributed by atoms with Gasteiger partial charge < -0.3 is 10.6 Å². The summed E-state index contributed by atoms with van der Waals surface area (Å²) in [5.41, 5.74) is 11.1. The van der Waals surface area contributed by atoms with Crippen LogP contribution in [0.5, 0.6) is 0 Å². The zero-order valence-corrected chi connectivity index (χ0v) is 22.4. The third-order valence-corrected chi connectivity index (χ3v) is 7.67. The summed E-state index contributed by atoms with van der Waals surface area (Å²) in [4.78, 5) is 15.5. The van der Waals surface area contributed by atoms with Crippen LogP contribution in [0.25, 0.3) is 22.2 Å². The Bertz CT molecular complexity index is 1780. The normalized spacial score (nSPS) is 15.1. The smallest absolute Gasteiger partial charge is 0.277 e.